The van der Waals surface area contributed by atoms with Gasteiger partial charge in [0.2, 0.25) is 0 Å². The summed E-state index contributed by atoms with van der Waals surface area (Å²) < 4.78 is 26.3. The van der Waals surface area contributed by atoms with Crippen molar-refractivity contribution in [1.29, 1.82) is 0 Å². The summed E-state index contributed by atoms with van der Waals surface area (Å²) in [6, 6.07) is 3.65. The Bertz CT molecular complexity index is 529. The fourth-order valence-corrected chi connectivity index (χ4v) is 1.47. The highest BCUT2D eigenvalue weighted by molar-refractivity contribution is 5.21. The summed E-state index contributed by atoms with van der Waals surface area (Å²) >= 11 is 0. The van der Waals surface area contributed by atoms with E-state index in [0.717, 1.165) is 6.07 Å². The number of hydrogen-bond acceptors (Lipinski definition) is 4. The topological polar surface area (TPSA) is 63.8 Å². The van der Waals surface area contributed by atoms with Gasteiger partial charge in [0, 0.05) is 12.0 Å². The van der Waals surface area contributed by atoms with Crippen molar-refractivity contribution in [2.24, 2.45) is 7.05 Å². The molecule has 0 fully saturated rings. The number of aliphatic hydroxyl groups excluding tert-OH is 1. The Morgan fingerprint density at radius 1 is 1.41 bits per heavy atom. The van der Waals surface area contributed by atoms with Gasteiger partial charge in [0.15, 0.2) is 17.5 Å². The lowest BCUT2D eigenvalue weighted by Gasteiger charge is -2.09. The van der Waals surface area contributed by atoms with Crippen LogP contribution in [0.5, 0.6) is 0 Å². The lowest BCUT2D eigenvalue weighted by Crippen LogP contribution is -2.07. The fourth-order valence-electron chi connectivity index (χ4n) is 1.47. The molecule has 0 aliphatic heterocycles. The van der Waals surface area contributed by atoms with Crippen LogP contribution in [-0.2, 0) is 13.5 Å². The Hall–Kier alpha value is -1.89. The van der Waals surface area contributed by atoms with Gasteiger partial charge in [-0.2, -0.15) is 4.80 Å². The largest absolute Gasteiger partial charge is 0.388 e. The molecule has 90 valence electrons. The van der Waals surface area contributed by atoms with E-state index in [1.807, 2.05) is 0 Å². The van der Waals surface area contributed by atoms with Crippen LogP contribution in [0, 0.1) is 11.6 Å². The average molecular weight is 240 g/mol. The number of aromatic nitrogens is 4. The zero-order valence-corrected chi connectivity index (χ0v) is 9.01. The quantitative estimate of drug-likeness (QED) is 0.860. The maximum atomic E-state index is 13.4. The second-order valence-electron chi connectivity index (χ2n) is 3.56. The Balaban J connectivity index is 2.20. The molecule has 0 aliphatic rings. The molecule has 1 unspecified atom stereocenters. The van der Waals surface area contributed by atoms with Crippen LogP contribution in [0.4, 0.5) is 8.78 Å². The van der Waals surface area contributed by atoms with E-state index < -0.39 is 17.7 Å². The van der Waals surface area contributed by atoms with Gasteiger partial charge in [-0.15, -0.1) is 10.2 Å². The number of tetrazole rings is 1. The minimum atomic E-state index is -1.20. The van der Waals surface area contributed by atoms with E-state index in [0.29, 0.717) is 0 Å². The molecule has 0 bridgehead atoms. The van der Waals surface area contributed by atoms with Gasteiger partial charge in [0.05, 0.1) is 13.2 Å². The van der Waals surface area contributed by atoms with E-state index in [1.54, 1.807) is 7.05 Å². The van der Waals surface area contributed by atoms with Crippen LogP contribution in [0.2, 0.25) is 0 Å². The van der Waals surface area contributed by atoms with Crippen molar-refractivity contribution in [3.8, 4) is 0 Å². The highest BCUT2D eigenvalue weighted by atomic mass is 19.2. The monoisotopic (exact) mass is 240 g/mol. The summed E-state index contributed by atoms with van der Waals surface area (Å²) in [5.74, 6) is -1.78. The van der Waals surface area contributed by atoms with Crippen molar-refractivity contribution >= 4 is 0 Å². The summed E-state index contributed by atoms with van der Waals surface area (Å²) in [5.41, 5.74) is -0.113. The molecule has 0 saturated carbocycles. The number of hydrogen-bond donors (Lipinski definition) is 1. The summed E-state index contributed by atoms with van der Waals surface area (Å²) in [6.45, 7) is 0. The van der Waals surface area contributed by atoms with Gasteiger partial charge in [-0.25, -0.2) is 8.78 Å². The van der Waals surface area contributed by atoms with Gasteiger partial charge in [-0.3, -0.25) is 0 Å². The van der Waals surface area contributed by atoms with Gasteiger partial charge in [-0.05, 0) is 11.3 Å². The summed E-state index contributed by atoms with van der Waals surface area (Å²) in [5, 5.41) is 20.9. The second-order valence-corrected chi connectivity index (χ2v) is 3.56. The number of benzene rings is 1. The van der Waals surface area contributed by atoms with Crippen molar-refractivity contribution in [1.82, 2.24) is 20.2 Å². The van der Waals surface area contributed by atoms with E-state index in [2.05, 4.69) is 15.4 Å². The maximum Gasteiger partial charge on any atom is 0.177 e. The fraction of sp³-hybridized carbons (Fsp3) is 0.300. The van der Waals surface area contributed by atoms with Crippen molar-refractivity contribution in [3.63, 3.8) is 0 Å². The molecule has 1 aromatic heterocycles. The van der Waals surface area contributed by atoms with Crippen molar-refractivity contribution < 1.29 is 13.9 Å². The predicted octanol–water partition coefficient (Wildman–Crippen LogP) is 0.764. The molecule has 0 saturated heterocycles. The normalized spacial score (nSPS) is 12.7. The van der Waals surface area contributed by atoms with Gasteiger partial charge >= 0.3 is 0 Å². The van der Waals surface area contributed by atoms with Crippen LogP contribution in [0.3, 0.4) is 0 Å². The number of nitrogens with zero attached hydrogens (tertiary/aromatic N) is 4. The molecule has 0 spiro atoms. The zero-order chi connectivity index (χ0) is 12.4. The molecule has 0 radical (unpaired) electrons. The van der Waals surface area contributed by atoms with E-state index in [9.17, 15) is 13.9 Å². The number of rotatable bonds is 3. The van der Waals surface area contributed by atoms with Gasteiger partial charge in [0.1, 0.15) is 0 Å². The second kappa shape index (κ2) is 4.54. The summed E-state index contributed by atoms with van der Waals surface area (Å²) in [4.78, 5) is 1.23. The first-order valence-electron chi connectivity index (χ1n) is 4.93. The van der Waals surface area contributed by atoms with E-state index in [4.69, 9.17) is 0 Å². The average Bonchev–Trinajstić information content (AvgIpc) is 2.68. The Labute approximate surface area is 95.7 Å². The van der Waals surface area contributed by atoms with Crippen LogP contribution < -0.4 is 0 Å². The highest BCUT2D eigenvalue weighted by Crippen LogP contribution is 2.21. The van der Waals surface area contributed by atoms with Gasteiger partial charge < -0.3 is 5.11 Å². The van der Waals surface area contributed by atoms with Gasteiger partial charge in [0.25, 0.3) is 0 Å². The molecule has 0 aliphatic carbocycles. The maximum absolute atomic E-state index is 13.4. The predicted molar refractivity (Wildman–Crippen MR) is 53.8 cm³/mol. The molecule has 7 heteroatoms. The van der Waals surface area contributed by atoms with Crippen molar-refractivity contribution in [3.05, 3.63) is 41.2 Å². The van der Waals surface area contributed by atoms with E-state index in [1.165, 1.54) is 16.9 Å². The van der Waals surface area contributed by atoms with Crippen LogP contribution in [0.15, 0.2) is 18.2 Å². The standard InChI is InChI=1S/C10H10F2N4O/c1-16-14-9(13-15-16)5-8(17)6-3-2-4-7(11)10(6)12/h2-4,8,17H,5H2,1H3. The Morgan fingerprint density at radius 3 is 2.82 bits per heavy atom. The Kier molecular flexibility index (Phi) is 3.10. The minimum Gasteiger partial charge on any atom is -0.388 e. The lowest BCUT2D eigenvalue weighted by molar-refractivity contribution is 0.169. The molecule has 1 atom stereocenters. The Morgan fingerprint density at radius 2 is 2.18 bits per heavy atom. The molecule has 1 N–H and O–H groups in total. The molecule has 5 nitrogen and oxygen atoms in total. The summed E-state index contributed by atoms with van der Waals surface area (Å²) in [7, 11) is 1.58. The number of halogens is 2. The molecular weight excluding hydrogens is 230 g/mol. The number of aryl methyl sites for hydroxylation is 1. The van der Waals surface area contributed by atoms with Crippen LogP contribution in [0.25, 0.3) is 0 Å². The van der Waals surface area contributed by atoms with Gasteiger partial charge in [-0.1, -0.05) is 12.1 Å². The van der Waals surface area contributed by atoms with Crippen molar-refractivity contribution in [2.45, 2.75) is 12.5 Å². The molecule has 1 heterocycles. The van der Waals surface area contributed by atoms with E-state index >= 15 is 0 Å². The summed E-state index contributed by atoms with van der Waals surface area (Å²) in [6.07, 6.45) is -1.22. The lowest BCUT2D eigenvalue weighted by atomic mass is 10.1. The molecule has 2 rings (SSSR count). The highest BCUT2D eigenvalue weighted by Gasteiger charge is 2.18. The molecule has 0 amide bonds. The smallest absolute Gasteiger partial charge is 0.177 e. The molecule has 17 heavy (non-hydrogen) atoms. The van der Waals surface area contributed by atoms with Crippen molar-refractivity contribution in [2.75, 3.05) is 0 Å². The van der Waals surface area contributed by atoms with E-state index in [-0.39, 0.29) is 17.8 Å². The molecule has 1 aromatic carbocycles. The minimum absolute atomic E-state index is 0.0196. The van der Waals surface area contributed by atoms with Crippen LogP contribution in [-0.4, -0.2) is 25.3 Å². The van der Waals surface area contributed by atoms with Crippen LogP contribution >= 0.6 is 0 Å². The first-order valence-corrected chi connectivity index (χ1v) is 4.93. The third kappa shape index (κ3) is 2.44. The molecule has 2 aromatic rings. The number of aliphatic hydroxyl groups is 1. The third-order valence-corrected chi connectivity index (χ3v) is 2.27. The molecular formula is C10H10F2N4O. The SMILES string of the molecule is Cn1nnc(CC(O)c2cccc(F)c2F)n1. The first kappa shape index (κ1) is 11.6. The zero-order valence-electron chi connectivity index (χ0n) is 9.01. The third-order valence-electron chi connectivity index (χ3n) is 2.27. The first-order chi connectivity index (χ1) is 8.08. The van der Waals surface area contributed by atoms with Crippen LogP contribution in [0.1, 0.15) is 17.5 Å².